The zero-order valence-corrected chi connectivity index (χ0v) is 20.3. The van der Waals surface area contributed by atoms with Gasteiger partial charge < -0.3 is 19.6 Å². The summed E-state index contributed by atoms with van der Waals surface area (Å²) >= 11 is 1.46. The third kappa shape index (κ3) is 3.36. The largest absolute Gasteiger partial charge is 0.365 e. The Kier molecular flexibility index (Phi) is 4.87. The van der Waals surface area contributed by atoms with Crippen molar-refractivity contribution < 1.29 is 9.59 Å². The van der Waals surface area contributed by atoms with E-state index >= 15 is 0 Å². The van der Waals surface area contributed by atoms with Crippen LogP contribution in [0.25, 0.3) is 0 Å². The van der Waals surface area contributed by atoms with Crippen LogP contribution in [0.4, 0.5) is 11.4 Å². The Balaban J connectivity index is 1.05. The predicted octanol–water partition coefficient (Wildman–Crippen LogP) is 3.95. The van der Waals surface area contributed by atoms with Crippen LogP contribution in [-0.4, -0.2) is 72.0 Å². The summed E-state index contributed by atoms with van der Waals surface area (Å²) in [6.07, 6.45) is 2.00. The molecular weight excluding hydrogens is 456 g/mol. The average Bonchev–Trinajstić information content (AvgIpc) is 3.74. The second-order valence-corrected chi connectivity index (χ2v) is 10.9. The van der Waals surface area contributed by atoms with Crippen molar-refractivity contribution in [1.29, 1.82) is 0 Å². The van der Waals surface area contributed by atoms with Gasteiger partial charge in [0, 0.05) is 60.4 Å². The molecule has 4 bridgehead atoms. The maximum Gasteiger partial charge on any atom is 0.255 e. The van der Waals surface area contributed by atoms with E-state index in [-0.39, 0.29) is 23.9 Å². The molecule has 2 amide bonds. The van der Waals surface area contributed by atoms with E-state index in [2.05, 4.69) is 58.3 Å². The van der Waals surface area contributed by atoms with E-state index in [1.807, 2.05) is 32.7 Å². The summed E-state index contributed by atoms with van der Waals surface area (Å²) in [4.78, 5) is 36.1. The molecule has 7 rings (SSSR count). The fourth-order valence-electron chi connectivity index (χ4n) is 6.64. The van der Waals surface area contributed by atoms with Crippen LogP contribution in [0.3, 0.4) is 0 Å². The van der Waals surface area contributed by atoms with Crippen LogP contribution in [-0.2, 0) is 0 Å². The van der Waals surface area contributed by atoms with Gasteiger partial charge in [0.1, 0.15) is 0 Å². The van der Waals surface area contributed by atoms with Crippen molar-refractivity contribution in [3.63, 3.8) is 0 Å². The summed E-state index contributed by atoms with van der Waals surface area (Å²) in [7, 11) is 0. The molecule has 0 unspecified atom stereocenters. The SMILES string of the molecule is O=C(c1cscc1C(=O)N1C[C@@H]2C[C@H]1CN2c1ccccc1)N1C[C@@H]2C[C@H]1CN2c1ccccc1. The number of nitrogens with zero attached hydrogens (tertiary/aromatic N) is 4. The molecule has 4 aliphatic heterocycles. The molecule has 0 spiro atoms. The summed E-state index contributed by atoms with van der Waals surface area (Å²) in [6, 6.07) is 22.0. The number of benzene rings is 2. The Morgan fingerprint density at radius 1 is 0.600 bits per heavy atom. The molecule has 2 aromatic carbocycles. The van der Waals surface area contributed by atoms with Crippen LogP contribution in [0.1, 0.15) is 33.6 Å². The molecule has 1 aromatic heterocycles. The molecule has 0 aliphatic carbocycles. The van der Waals surface area contributed by atoms with Gasteiger partial charge in [0.2, 0.25) is 0 Å². The predicted molar refractivity (Wildman–Crippen MR) is 138 cm³/mol. The molecule has 178 valence electrons. The molecule has 0 saturated carbocycles. The van der Waals surface area contributed by atoms with Gasteiger partial charge in [-0.3, -0.25) is 9.59 Å². The number of piperazine rings is 2. The van der Waals surface area contributed by atoms with Gasteiger partial charge in [-0.1, -0.05) is 36.4 Å². The minimum atomic E-state index is 0.0186. The first-order valence-electron chi connectivity index (χ1n) is 12.5. The van der Waals surface area contributed by atoms with E-state index in [0.717, 1.165) is 39.0 Å². The Morgan fingerprint density at radius 3 is 1.40 bits per heavy atom. The number of carbonyl (C=O) groups is 2. The summed E-state index contributed by atoms with van der Waals surface area (Å²) in [5.74, 6) is 0.0372. The highest BCUT2D eigenvalue weighted by Crippen LogP contribution is 2.38. The third-order valence-corrected chi connectivity index (χ3v) is 9.04. The maximum absolute atomic E-state index is 13.6. The topological polar surface area (TPSA) is 47.1 Å². The lowest BCUT2D eigenvalue weighted by molar-refractivity contribution is 0.0687. The van der Waals surface area contributed by atoms with Gasteiger partial charge in [-0.25, -0.2) is 0 Å². The smallest absolute Gasteiger partial charge is 0.255 e. The van der Waals surface area contributed by atoms with Gasteiger partial charge >= 0.3 is 0 Å². The number of hydrogen-bond acceptors (Lipinski definition) is 5. The molecule has 0 N–H and O–H groups in total. The Hall–Kier alpha value is -3.32. The van der Waals surface area contributed by atoms with Gasteiger partial charge in [0.25, 0.3) is 11.8 Å². The highest BCUT2D eigenvalue weighted by Gasteiger charge is 2.48. The maximum atomic E-state index is 13.6. The Morgan fingerprint density at radius 2 is 1.03 bits per heavy atom. The Labute approximate surface area is 209 Å². The lowest BCUT2D eigenvalue weighted by Gasteiger charge is -2.36. The van der Waals surface area contributed by atoms with Gasteiger partial charge in [-0.15, -0.1) is 0 Å². The number of hydrogen-bond donors (Lipinski definition) is 0. The second kappa shape index (κ2) is 8.12. The van der Waals surface area contributed by atoms with Gasteiger partial charge in [0.15, 0.2) is 0 Å². The zero-order chi connectivity index (χ0) is 23.5. The first-order chi connectivity index (χ1) is 17.2. The summed E-state index contributed by atoms with van der Waals surface area (Å²) in [5, 5.41) is 3.75. The quantitative estimate of drug-likeness (QED) is 0.563. The van der Waals surface area contributed by atoms with E-state index in [1.165, 1.54) is 22.7 Å². The molecular formula is C28H28N4O2S. The van der Waals surface area contributed by atoms with Gasteiger partial charge in [-0.05, 0) is 37.1 Å². The first kappa shape index (κ1) is 21.0. The fraction of sp³-hybridized carbons (Fsp3) is 0.357. The van der Waals surface area contributed by atoms with Crippen molar-refractivity contribution in [2.75, 3.05) is 36.0 Å². The molecule has 35 heavy (non-hydrogen) atoms. The molecule has 5 heterocycles. The zero-order valence-electron chi connectivity index (χ0n) is 19.5. The molecule has 4 atom stereocenters. The standard InChI is InChI=1S/C28H28N4O2S/c33-27(31-15-21-11-23(31)13-29(21)19-7-3-1-4-8-19)25-17-35-18-26(25)28(34)32-16-22-12-24(32)14-30(22)20-9-5-2-6-10-20/h1-10,17-18,21-24H,11-16H2/t21-,22-,23-,24-/m0/s1. The van der Waals surface area contributed by atoms with E-state index in [4.69, 9.17) is 0 Å². The Bertz CT molecular complexity index is 1170. The molecule has 7 heteroatoms. The monoisotopic (exact) mass is 484 g/mol. The summed E-state index contributed by atoms with van der Waals surface area (Å²) in [6.45, 7) is 3.17. The lowest BCUT2D eigenvalue weighted by Crippen LogP contribution is -2.50. The number of carbonyl (C=O) groups excluding carboxylic acids is 2. The second-order valence-electron chi connectivity index (χ2n) is 10.2. The minimum absolute atomic E-state index is 0.0186. The third-order valence-electron chi connectivity index (χ3n) is 8.30. The van der Waals surface area contributed by atoms with Crippen molar-refractivity contribution in [3.05, 3.63) is 82.6 Å². The summed E-state index contributed by atoms with van der Waals surface area (Å²) in [5.41, 5.74) is 3.63. The fourth-order valence-corrected chi connectivity index (χ4v) is 7.44. The normalized spacial score (nSPS) is 26.7. The number of fused-ring (bicyclic) bond motifs is 4. The van der Waals surface area contributed by atoms with Crippen LogP contribution in [0, 0.1) is 0 Å². The number of anilines is 2. The molecule has 6 nitrogen and oxygen atoms in total. The van der Waals surface area contributed by atoms with E-state index < -0.39 is 0 Å². The highest BCUT2D eigenvalue weighted by atomic mass is 32.1. The summed E-state index contributed by atoms with van der Waals surface area (Å²) < 4.78 is 0. The lowest BCUT2D eigenvalue weighted by atomic mass is 10.1. The number of rotatable bonds is 4. The van der Waals surface area contributed by atoms with Crippen molar-refractivity contribution >= 4 is 34.5 Å². The van der Waals surface area contributed by atoms with Crippen molar-refractivity contribution in [1.82, 2.24) is 9.80 Å². The van der Waals surface area contributed by atoms with E-state index in [1.54, 1.807) is 0 Å². The van der Waals surface area contributed by atoms with Crippen molar-refractivity contribution in [2.24, 2.45) is 0 Å². The van der Waals surface area contributed by atoms with Crippen LogP contribution in [0.2, 0.25) is 0 Å². The van der Waals surface area contributed by atoms with Crippen LogP contribution < -0.4 is 9.80 Å². The molecule has 4 fully saturated rings. The van der Waals surface area contributed by atoms with Crippen LogP contribution in [0.5, 0.6) is 0 Å². The van der Waals surface area contributed by atoms with E-state index in [9.17, 15) is 9.59 Å². The number of para-hydroxylation sites is 2. The number of thiophene rings is 1. The van der Waals surface area contributed by atoms with Crippen molar-refractivity contribution in [3.8, 4) is 0 Å². The molecule has 4 aliphatic rings. The molecule has 4 saturated heterocycles. The minimum Gasteiger partial charge on any atom is -0.365 e. The highest BCUT2D eigenvalue weighted by molar-refractivity contribution is 7.08. The van der Waals surface area contributed by atoms with Gasteiger partial charge in [0.05, 0.1) is 23.2 Å². The van der Waals surface area contributed by atoms with Crippen molar-refractivity contribution in [2.45, 2.75) is 37.0 Å². The molecule has 3 aromatic rings. The van der Waals surface area contributed by atoms with Crippen LogP contribution in [0.15, 0.2) is 71.4 Å². The number of likely N-dealkylation sites (tertiary alicyclic amines) is 2. The number of amides is 2. The average molecular weight is 485 g/mol. The molecule has 0 radical (unpaired) electrons. The van der Waals surface area contributed by atoms with E-state index in [0.29, 0.717) is 23.2 Å². The first-order valence-corrected chi connectivity index (χ1v) is 13.4. The van der Waals surface area contributed by atoms with Gasteiger partial charge in [-0.2, -0.15) is 11.3 Å². The van der Waals surface area contributed by atoms with Crippen LogP contribution >= 0.6 is 11.3 Å².